The molecule has 4 rings (SSSR count). The number of likely N-dealkylation sites (N-methyl/N-ethyl adjacent to an activating group) is 1. The lowest BCUT2D eigenvalue weighted by Gasteiger charge is -2.35. The van der Waals surface area contributed by atoms with Crippen molar-refractivity contribution in [2.45, 2.75) is 109 Å². The van der Waals surface area contributed by atoms with E-state index in [-0.39, 0.29) is 29.7 Å². The van der Waals surface area contributed by atoms with Crippen molar-refractivity contribution in [3.05, 3.63) is 11.6 Å². The first-order valence-corrected chi connectivity index (χ1v) is 14.2. The number of nitrogens with zero attached hydrogens (tertiary/aromatic N) is 2. The predicted octanol–water partition coefficient (Wildman–Crippen LogP) is 4.93. The summed E-state index contributed by atoms with van der Waals surface area (Å²) in [5.41, 5.74) is 1.71. The van der Waals surface area contributed by atoms with Crippen molar-refractivity contribution < 1.29 is 24.2 Å². The molecule has 1 spiro atoms. The highest BCUT2D eigenvalue weighted by Crippen LogP contribution is 2.58. The molecule has 3 saturated heterocycles. The number of carbonyl (C=O) groups excluding carboxylic acids is 1. The molecule has 1 aliphatic carbocycles. The predicted molar refractivity (Wildman–Crippen MR) is 153 cm³/mol. The average molecular weight is 536 g/mol. The Kier molecular flexibility index (Phi) is 14.4. The maximum Gasteiger partial charge on any atom is 0.405 e. The third-order valence-electron chi connectivity index (χ3n) is 7.92. The van der Waals surface area contributed by atoms with E-state index in [0.29, 0.717) is 12.0 Å². The van der Waals surface area contributed by atoms with Crippen LogP contribution in [-0.4, -0.2) is 90.6 Å². The second-order valence-electron chi connectivity index (χ2n) is 11.4. The van der Waals surface area contributed by atoms with Crippen LogP contribution in [0, 0.1) is 18.8 Å². The summed E-state index contributed by atoms with van der Waals surface area (Å²) < 4.78 is 11.8. The van der Waals surface area contributed by atoms with Gasteiger partial charge in [0.05, 0.1) is 23.9 Å². The molecular formula is C30H53N3O5. The van der Waals surface area contributed by atoms with Gasteiger partial charge in [-0.15, -0.1) is 12.8 Å². The molecule has 2 amide bonds. The number of epoxide rings is 2. The maximum absolute atomic E-state index is 11.6. The number of allylic oxidation sites excluding steroid dienone is 1. The van der Waals surface area contributed by atoms with E-state index in [1.165, 1.54) is 37.7 Å². The number of terminal acetylenes is 1. The van der Waals surface area contributed by atoms with Gasteiger partial charge in [0, 0.05) is 19.0 Å². The van der Waals surface area contributed by atoms with Gasteiger partial charge in [0.15, 0.2) is 0 Å². The van der Waals surface area contributed by atoms with E-state index < -0.39 is 6.09 Å². The van der Waals surface area contributed by atoms with Gasteiger partial charge in [0.2, 0.25) is 5.91 Å². The van der Waals surface area contributed by atoms with Crippen LogP contribution < -0.4 is 5.32 Å². The van der Waals surface area contributed by atoms with Gasteiger partial charge in [-0.3, -0.25) is 4.79 Å². The zero-order chi connectivity index (χ0) is 28.9. The molecule has 38 heavy (non-hydrogen) atoms. The van der Waals surface area contributed by atoms with Gasteiger partial charge < -0.3 is 29.7 Å². The summed E-state index contributed by atoms with van der Waals surface area (Å²) in [6.07, 6.45) is 19.0. The third-order valence-corrected chi connectivity index (χ3v) is 7.92. The van der Waals surface area contributed by atoms with Crippen LogP contribution in [0.3, 0.4) is 0 Å². The van der Waals surface area contributed by atoms with Gasteiger partial charge in [0.1, 0.15) is 6.54 Å². The van der Waals surface area contributed by atoms with Crippen molar-refractivity contribution in [3.8, 4) is 12.8 Å². The molecule has 4 unspecified atom stereocenters. The molecule has 0 bridgehead atoms. The van der Waals surface area contributed by atoms with E-state index in [1.54, 1.807) is 11.9 Å². The van der Waals surface area contributed by atoms with Crippen LogP contribution in [0.5, 0.6) is 0 Å². The van der Waals surface area contributed by atoms with Crippen LogP contribution in [-0.2, 0) is 14.3 Å². The zero-order valence-corrected chi connectivity index (χ0v) is 24.9. The first-order valence-electron chi connectivity index (χ1n) is 14.2. The minimum absolute atomic E-state index is 0.100. The number of amides is 2. The Bertz CT molecular complexity index is 782. The summed E-state index contributed by atoms with van der Waals surface area (Å²) in [5.74, 6) is 0.469. The number of hydrogen-bond acceptors (Lipinski definition) is 5. The monoisotopic (exact) mass is 535 g/mol. The van der Waals surface area contributed by atoms with Crippen molar-refractivity contribution in [1.82, 2.24) is 15.1 Å². The van der Waals surface area contributed by atoms with Crippen LogP contribution in [0.15, 0.2) is 11.6 Å². The van der Waals surface area contributed by atoms with Gasteiger partial charge >= 0.3 is 6.09 Å². The molecule has 4 aliphatic rings. The number of carbonyl (C=O) groups is 2. The lowest BCUT2D eigenvalue weighted by molar-refractivity contribution is -0.131. The summed E-state index contributed by atoms with van der Waals surface area (Å²) in [6.45, 7) is 13.7. The minimum atomic E-state index is -1.16. The molecule has 8 heteroatoms. The number of likely N-dealkylation sites (tertiary alicyclic amines) is 1. The average Bonchev–Trinajstić information content (AvgIpc) is 3.81. The number of piperidine rings is 1. The minimum Gasteiger partial charge on any atom is -0.465 e. The molecule has 0 aromatic carbocycles. The second kappa shape index (κ2) is 16.1. The SMILES string of the molecule is C#C.CC(C)=CCC1OC1(C)C1CCCCC12CO2.CCC.CN1CCC(N(C)C(=O)CNC(=O)O)CC1. The van der Waals surface area contributed by atoms with Crippen LogP contribution in [0.2, 0.25) is 0 Å². The molecule has 2 N–H and O–H groups in total. The third kappa shape index (κ3) is 10.2. The van der Waals surface area contributed by atoms with Crippen molar-refractivity contribution in [2.24, 2.45) is 5.92 Å². The molecule has 0 aromatic heterocycles. The smallest absolute Gasteiger partial charge is 0.405 e. The molecule has 0 aromatic rings. The zero-order valence-electron chi connectivity index (χ0n) is 24.9. The summed E-state index contributed by atoms with van der Waals surface area (Å²) in [7, 11) is 3.80. The van der Waals surface area contributed by atoms with E-state index in [0.717, 1.165) is 39.0 Å². The van der Waals surface area contributed by atoms with Crippen LogP contribution in [0.25, 0.3) is 0 Å². The highest BCUT2D eigenvalue weighted by molar-refractivity contribution is 5.81. The fraction of sp³-hybridized carbons (Fsp3) is 0.800. The van der Waals surface area contributed by atoms with Gasteiger partial charge in [-0.05, 0) is 73.0 Å². The molecule has 1 saturated carbocycles. The van der Waals surface area contributed by atoms with Gasteiger partial charge in [-0.2, -0.15) is 0 Å². The molecule has 4 atom stereocenters. The number of nitrogens with one attached hydrogen (secondary N) is 1. The molecule has 4 fully saturated rings. The highest BCUT2D eigenvalue weighted by Gasteiger charge is 2.67. The first-order chi connectivity index (χ1) is 18.0. The largest absolute Gasteiger partial charge is 0.465 e. The highest BCUT2D eigenvalue weighted by atomic mass is 16.6. The summed E-state index contributed by atoms with van der Waals surface area (Å²) in [4.78, 5) is 25.8. The molecule has 3 aliphatic heterocycles. The summed E-state index contributed by atoms with van der Waals surface area (Å²) in [6, 6.07) is 0.235. The fourth-order valence-electron chi connectivity index (χ4n) is 5.52. The maximum atomic E-state index is 11.6. The molecule has 3 heterocycles. The van der Waals surface area contributed by atoms with Gasteiger partial charge in [-0.1, -0.05) is 44.8 Å². The Balaban J connectivity index is 0.000000326. The summed E-state index contributed by atoms with van der Waals surface area (Å²) >= 11 is 0. The van der Waals surface area contributed by atoms with Gasteiger partial charge in [-0.25, -0.2) is 4.79 Å². The topological polar surface area (TPSA) is 97.9 Å². The van der Waals surface area contributed by atoms with Crippen LogP contribution >= 0.6 is 0 Å². The lowest BCUT2D eigenvalue weighted by atomic mass is 9.71. The van der Waals surface area contributed by atoms with Gasteiger partial charge in [0.25, 0.3) is 0 Å². The Morgan fingerprint density at radius 2 is 1.74 bits per heavy atom. The Morgan fingerprint density at radius 1 is 1.16 bits per heavy atom. The van der Waals surface area contributed by atoms with E-state index in [1.807, 2.05) is 0 Å². The quantitative estimate of drug-likeness (QED) is 0.284. The Morgan fingerprint density at radius 3 is 2.24 bits per heavy atom. The number of rotatable bonds is 6. The Hall–Kier alpha value is -2.08. The number of carboxylic acid groups (broad SMARTS) is 1. The standard InChI is InChI=1S/C15H24O2.C10H19N3O3.C3H8.C2H2/c1-11(2)7-8-13-14(3,17-13)12-6-4-5-9-15(12)10-16-15;1-12-5-3-8(4-6-12)13(2)9(14)7-11-10(15)16;1-3-2;1-2/h7,12-13H,4-6,8-10H2,1-3H3;8,11H,3-7H2,1-2H3,(H,15,16);3H2,1-2H3;1-2H. The number of ether oxygens (including phenoxy) is 2. The van der Waals surface area contributed by atoms with Crippen molar-refractivity contribution >= 4 is 12.0 Å². The molecular weight excluding hydrogens is 482 g/mol. The first kappa shape index (κ1) is 33.9. The summed E-state index contributed by atoms with van der Waals surface area (Å²) in [5, 5.41) is 10.5. The van der Waals surface area contributed by atoms with Crippen LogP contribution in [0.1, 0.15) is 86.0 Å². The van der Waals surface area contributed by atoms with Crippen molar-refractivity contribution in [1.29, 1.82) is 0 Å². The number of hydrogen-bond donors (Lipinski definition) is 2. The molecule has 8 nitrogen and oxygen atoms in total. The van der Waals surface area contributed by atoms with E-state index in [2.05, 4.69) is 70.8 Å². The Labute approximate surface area is 231 Å². The van der Waals surface area contributed by atoms with E-state index >= 15 is 0 Å². The fourth-order valence-corrected chi connectivity index (χ4v) is 5.52. The van der Waals surface area contributed by atoms with E-state index in [4.69, 9.17) is 14.6 Å². The van der Waals surface area contributed by atoms with Crippen LogP contribution in [0.4, 0.5) is 4.79 Å². The van der Waals surface area contributed by atoms with Crippen molar-refractivity contribution in [2.75, 3.05) is 40.3 Å². The molecule has 0 radical (unpaired) electrons. The lowest BCUT2D eigenvalue weighted by Crippen LogP contribution is -2.47. The normalized spacial score (nSPS) is 29.6. The molecule has 218 valence electrons. The van der Waals surface area contributed by atoms with Crippen molar-refractivity contribution in [3.63, 3.8) is 0 Å². The van der Waals surface area contributed by atoms with E-state index in [9.17, 15) is 9.59 Å². The second-order valence-corrected chi connectivity index (χ2v) is 11.4.